The van der Waals surface area contributed by atoms with Crippen molar-refractivity contribution in [2.45, 2.75) is 45.4 Å². The Kier molecular flexibility index (Phi) is 9.25. The third-order valence-electron chi connectivity index (χ3n) is 3.34. The lowest BCUT2D eigenvalue weighted by Gasteiger charge is -2.04. The molecule has 1 amide bonds. The molecule has 1 aromatic rings. The van der Waals surface area contributed by atoms with Gasteiger partial charge in [0.25, 0.3) is 5.91 Å². The molecule has 0 saturated heterocycles. The fourth-order valence-electron chi connectivity index (χ4n) is 2.11. The number of amides is 1. The zero-order valence-electron chi connectivity index (χ0n) is 13.1. The number of carbonyl (C=O) groups is 1. The first-order chi connectivity index (χ1) is 10.7. The van der Waals surface area contributed by atoms with E-state index >= 15 is 0 Å². The predicted molar refractivity (Wildman–Crippen MR) is 94.1 cm³/mol. The van der Waals surface area contributed by atoms with Crippen LogP contribution < -0.4 is 5.32 Å². The zero-order valence-corrected chi connectivity index (χ0v) is 14.7. The van der Waals surface area contributed by atoms with Crippen molar-refractivity contribution in [2.75, 3.05) is 6.54 Å². The van der Waals surface area contributed by atoms with Crippen LogP contribution in [0.15, 0.2) is 34.3 Å². The molecule has 0 aliphatic carbocycles. The minimum Gasteiger partial charge on any atom is -0.351 e. The normalized spacial score (nSPS) is 11.0. The van der Waals surface area contributed by atoms with Crippen molar-refractivity contribution in [2.24, 2.45) is 0 Å². The molecule has 0 saturated carbocycles. The second kappa shape index (κ2) is 11.0. The third-order valence-corrected chi connectivity index (χ3v) is 3.83. The summed E-state index contributed by atoms with van der Waals surface area (Å²) in [4.78, 5) is 12.0. The van der Waals surface area contributed by atoms with Crippen LogP contribution in [0.1, 0.15) is 51.0 Å². The van der Waals surface area contributed by atoms with E-state index in [1.54, 1.807) is 6.08 Å². The lowest BCUT2D eigenvalue weighted by Crippen LogP contribution is -2.25. The van der Waals surface area contributed by atoms with Gasteiger partial charge in [-0.15, -0.1) is 0 Å². The van der Waals surface area contributed by atoms with Crippen molar-refractivity contribution in [1.82, 2.24) is 5.32 Å². The summed E-state index contributed by atoms with van der Waals surface area (Å²) in [5.41, 5.74) is 0.977. The molecule has 22 heavy (non-hydrogen) atoms. The molecule has 0 aliphatic heterocycles. The van der Waals surface area contributed by atoms with Crippen molar-refractivity contribution in [3.05, 3.63) is 39.9 Å². The van der Waals surface area contributed by atoms with E-state index in [9.17, 15) is 4.79 Å². The van der Waals surface area contributed by atoms with E-state index in [4.69, 9.17) is 5.26 Å². The Bertz CT molecular complexity index is 546. The van der Waals surface area contributed by atoms with Gasteiger partial charge in [0.1, 0.15) is 11.6 Å². The smallest absolute Gasteiger partial charge is 0.261 e. The van der Waals surface area contributed by atoms with Crippen LogP contribution in [0.25, 0.3) is 6.08 Å². The van der Waals surface area contributed by atoms with E-state index in [1.807, 2.05) is 30.3 Å². The Morgan fingerprint density at radius 3 is 2.68 bits per heavy atom. The molecule has 118 valence electrons. The maximum atomic E-state index is 12.0. The second-order valence-corrected chi connectivity index (χ2v) is 6.16. The lowest BCUT2D eigenvalue weighted by atomic mass is 10.1. The highest BCUT2D eigenvalue weighted by Gasteiger charge is 2.08. The minimum atomic E-state index is -0.295. The van der Waals surface area contributed by atoms with Gasteiger partial charge in [-0.1, -0.05) is 67.1 Å². The van der Waals surface area contributed by atoms with Crippen molar-refractivity contribution in [3.8, 4) is 6.07 Å². The predicted octanol–water partition coefficient (Wildman–Crippen LogP) is 4.83. The van der Waals surface area contributed by atoms with Gasteiger partial charge >= 0.3 is 0 Å². The Morgan fingerprint density at radius 2 is 2.00 bits per heavy atom. The monoisotopic (exact) mass is 362 g/mol. The summed E-state index contributed by atoms with van der Waals surface area (Å²) in [6, 6.07) is 9.49. The fourth-order valence-corrected chi connectivity index (χ4v) is 2.53. The van der Waals surface area contributed by atoms with Crippen LogP contribution in [0.5, 0.6) is 0 Å². The summed E-state index contributed by atoms with van der Waals surface area (Å²) in [6.45, 7) is 2.82. The molecule has 0 fully saturated rings. The van der Waals surface area contributed by atoms with E-state index in [-0.39, 0.29) is 11.5 Å². The molecule has 0 spiro atoms. The highest BCUT2D eigenvalue weighted by Crippen LogP contribution is 2.14. The van der Waals surface area contributed by atoms with Crippen molar-refractivity contribution in [1.29, 1.82) is 5.26 Å². The maximum absolute atomic E-state index is 12.0. The van der Waals surface area contributed by atoms with Crippen molar-refractivity contribution < 1.29 is 4.79 Å². The van der Waals surface area contributed by atoms with Crippen LogP contribution in [0.4, 0.5) is 0 Å². The van der Waals surface area contributed by atoms with Crippen LogP contribution in [0, 0.1) is 11.3 Å². The first kappa shape index (κ1) is 18.4. The highest BCUT2D eigenvalue weighted by atomic mass is 79.9. The number of unbranched alkanes of at least 4 members (excludes halogenated alkanes) is 5. The molecule has 0 heterocycles. The standard InChI is InChI=1S/C18H23BrN2O/c1-2-3-4-5-6-7-11-21-18(22)16(14-20)12-15-9-8-10-17(19)13-15/h8-10,12-13H,2-7,11H2,1H3,(H,21,22). The first-order valence-corrected chi connectivity index (χ1v) is 8.62. The number of hydrogen-bond donors (Lipinski definition) is 1. The molecule has 1 aromatic carbocycles. The van der Waals surface area contributed by atoms with Gasteiger partial charge in [-0.3, -0.25) is 4.79 Å². The van der Waals surface area contributed by atoms with E-state index in [0.717, 1.165) is 22.9 Å². The summed E-state index contributed by atoms with van der Waals surface area (Å²) in [5, 5.41) is 12.0. The van der Waals surface area contributed by atoms with E-state index < -0.39 is 0 Å². The summed E-state index contributed by atoms with van der Waals surface area (Å²) in [7, 11) is 0. The largest absolute Gasteiger partial charge is 0.351 e. The number of benzene rings is 1. The number of rotatable bonds is 9. The summed E-state index contributed by atoms with van der Waals surface area (Å²) >= 11 is 3.38. The number of carbonyl (C=O) groups excluding carboxylic acids is 1. The van der Waals surface area contributed by atoms with Gasteiger partial charge in [-0.25, -0.2) is 0 Å². The maximum Gasteiger partial charge on any atom is 0.261 e. The fraction of sp³-hybridized carbons (Fsp3) is 0.444. The van der Waals surface area contributed by atoms with Crippen LogP contribution in [-0.4, -0.2) is 12.5 Å². The van der Waals surface area contributed by atoms with Gasteiger partial charge < -0.3 is 5.32 Å². The van der Waals surface area contributed by atoms with Gasteiger partial charge in [0.15, 0.2) is 0 Å². The van der Waals surface area contributed by atoms with Crippen molar-refractivity contribution in [3.63, 3.8) is 0 Å². The minimum absolute atomic E-state index is 0.143. The topological polar surface area (TPSA) is 52.9 Å². The molecule has 0 atom stereocenters. The summed E-state index contributed by atoms with van der Waals surface area (Å²) in [6.07, 6.45) is 8.69. The quantitative estimate of drug-likeness (QED) is 0.388. The number of halogens is 1. The first-order valence-electron chi connectivity index (χ1n) is 7.83. The molecular formula is C18H23BrN2O. The summed E-state index contributed by atoms with van der Waals surface area (Å²) in [5.74, 6) is -0.295. The van der Waals surface area contributed by atoms with E-state index in [0.29, 0.717) is 6.54 Å². The molecule has 0 aromatic heterocycles. The molecule has 1 rings (SSSR count). The SMILES string of the molecule is CCCCCCCCNC(=O)C(C#N)=Cc1cccc(Br)c1. The Labute approximate surface area is 141 Å². The van der Waals surface area contributed by atoms with Gasteiger partial charge in [0, 0.05) is 11.0 Å². The van der Waals surface area contributed by atoms with Crippen molar-refractivity contribution >= 4 is 27.9 Å². The average Bonchev–Trinajstić information content (AvgIpc) is 2.51. The Hall–Kier alpha value is -1.60. The van der Waals surface area contributed by atoms with Gasteiger partial charge in [-0.05, 0) is 30.2 Å². The third kappa shape index (κ3) is 7.42. The Morgan fingerprint density at radius 1 is 1.27 bits per heavy atom. The Balaban J connectivity index is 2.40. The molecule has 4 heteroatoms. The van der Waals surface area contributed by atoms with Crippen LogP contribution in [0.2, 0.25) is 0 Å². The zero-order chi connectivity index (χ0) is 16.2. The van der Waals surface area contributed by atoms with Crippen LogP contribution in [0.3, 0.4) is 0 Å². The second-order valence-electron chi connectivity index (χ2n) is 5.25. The van der Waals surface area contributed by atoms with E-state index in [1.165, 1.54) is 25.7 Å². The van der Waals surface area contributed by atoms with Gasteiger partial charge in [-0.2, -0.15) is 5.26 Å². The van der Waals surface area contributed by atoms with E-state index in [2.05, 4.69) is 28.2 Å². The number of hydrogen-bond acceptors (Lipinski definition) is 2. The van der Waals surface area contributed by atoms with Gasteiger partial charge in [0.2, 0.25) is 0 Å². The molecule has 0 bridgehead atoms. The lowest BCUT2D eigenvalue weighted by molar-refractivity contribution is -0.117. The molecular weight excluding hydrogens is 340 g/mol. The molecule has 0 aliphatic rings. The molecule has 0 radical (unpaired) electrons. The number of nitrogens with zero attached hydrogens (tertiary/aromatic N) is 1. The van der Waals surface area contributed by atoms with Gasteiger partial charge in [0.05, 0.1) is 0 Å². The average molecular weight is 363 g/mol. The molecule has 1 N–H and O–H groups in total. The number of nitriles is 1. The van der Waals surface area contributed by atoms with Crippen LogP contribution in [-0.2, 0) is 4.79 Å². The van der Waals surface area contributed by atoms with Crippen LogP contribution >= 0.6 is 15.9 Å². The molecule has 3 nitrogen and oxygen atoms in total. The number of nitrogens with one attached hydrogen (secondary N) is 1. The molecule has 0 unspecified atom stereocenters. The highest BCUT2D eigenvalue weighted by molar-refractivity contribution is 9.10. The summed E-state index contributed by atoms with van der Waals surface area (Å²) < 4.78 is 0.922.